The minimum Gasteiger partial charge on any atom is -0.497 e. The highest BCUT2D eigenvalue weighted by Crippen LogP contribution is 2.26. The van der Waals surface area contributed by atoms with Crippen LogP contribution < -0.4 is 20.2 Å². The number of nitrogens with one attached hydrogen (secondary N) is 1. The molecule has 5 nitrogen and oxygen atoms in total. The fraction of sp³-hybridized carbons (Fsp3) is 0.240. The van der Waals surface area contributed by atoms with Crippen LogP contribution in [0.4, 0.5) is 5.69 Å². The second-order valence-electron chi connectivity index (χ2n) is 7.87. The summed E-state index contributed by atoms with van der Waals surface area (Å²) in [5.41, 5.74) is 2.73. The Morgan fingerprint density at radius 3 is 2.50 bits per heavy atom. The maximum atomic E-state index is 12.3. The summed E-state index contributed by atoms with van der Waals surface area (Å²) in [6.07, 6.45) is 0. The van der Waals surface area contributed by atoms with Crippen LogP contribution in [0.15, 0.2) is 75.9 Å². The number of hydrogen-bond donors (Lipinski definition) is 1. The molecule has 5 heteroatoms. The van der Waals surface area contributed by atoms with Crippen molar-refractivity contribution in [3.05, 3.63) is 82.7 Å². The SMILES string of the molecule is COc1ccc(N2CC[NH+](Cc3cc(=O)oc4c3ccc3ccccc34)CC2)cc1. The van der Waals surface area contributed by atoms with Crippen LogP contribution in [0.2, 0.25) is 0 Å². The molecule has 0 amide bonds. The van der Waals surface area contributed by atoms with E-state index in [2.05, 4.69) is 29.2 Å². The molecule has 0 unspecified atom stereocenters. The normalized spacial score (nSPS) is 15.0. The second-order valence-corrected chi connectivity index (χ2v) is 7.87. The van der Waals surface area contributed by atoms with E-state index in [1.165, 1.54) is 10.6 Å². The second kappa shape index (κ2) is 7.84. The van der Waals surface area contributed by atoms with Gasteiger partial charge in [-0.25, -0.2) is 4.79 Å². The fourth-order valence-electron chi connectivity index (χ4n) is 4.42. The molecule has 5 rings (SSSR count). The van der Waals surface area contributed by atoms with Gasteiger partial charge < -0.3 is 19.0 Å². The number of quaternary nitrogens is 1. The van der Waals surface area contributed by atoms with Crippen molar-refractivity contribution in [3.63, 3.8) is 0 Å². The third-order valence-electron chi connectivity index (χ3n) is 6.07. The Morgan fingerprint density at radius 2 is 1.73 bits per heavy atom. The van der Waals surface area contributed by atoms with Gasteiger partial charge >= 0.3 is 5.63 Å². The maximum absolute atomic E-state index is 12.3. The van der Waals surface area contributed by atoms with E-state index in [1.807, 2.05) is 36.4 Å². The monoisotopic (exact) mass is 401 g/mol. The van der Waals surface area contributed by atoms with Crippen LogP contribution in [-0.4, -0.2) is 33.3 Å². The van der Waals surface area contributed by atoms with Crippen molar-refractivity contribution in [1.29, 1.82) is 0 Å². The Balaban J connectivity index is 1.36. The third kappa shape index (κ3) is 3.53. The lowest BCUT2D eigenvalue weighted by Crippen LogP contribution is -3.13. The van der Waals surface area contributed by atoms with Gasteiger partial charge in [-0.05, 0) is 29.7 Å². The Morgan fingerprint density at radius 1 is 0.967 bits per heavy atom. The van der Waals surface area contributed by atoms with Gasteiger partial charge in [-0.1, -0.05) is 36.4 Å². The Bertz CT molecular complexity index is 1240. The summed E-state index contributed by atoms with van der Waals surface area (Å²) in [6.45, 7) is 4.87. The predicted octanol–water partition coefficient (Wildman–Crippen LogP) is 2.86. The van der Waals surface area contributed by atoms with Crippen molar-refractivity contribution in [2.24, 2.45) is 0 Å². The fourth-order valence-corrected chi connectivity index (χ4v) is 4.42. The lowest BCUT2D eigenvalue weighted by molar-refractivity contribution is -0.914. The van der Waals surface area contributed by atoms with Gasteiger partial charge in [-0.2, -0.15) is 0 Å². The largest absolute Gasteiger partial charge is 0.497 e. The highest BCUT2D eigenvalue weighted by atomic mass is 16.5. The highest BCUT2D eigenvalue weighted by molar-refractivity contribution is 6.04. The number of hydrogen-bond acceptors (Lipinski definition) is 4. The van der Waals surface area contributed by atoms with Crippen molar-refractivity contribution >= 4 is 27.4 Å². The summed E-state index contributed by atoms with van der Waals surface area (Å²) in [7, 11) is 1.69. The van der Waals surface area contributed by atoms with Gasteiger partial charge in [-0.3, -0.25) is 0 Å². The Kier molecular flexibility index (Phi) is 4.89. The van der Waals surface area contributed by atoms with Crippen molar-refractivity contribution in [2.45, 2.75) is 6.54 Å². The Labute approximate surface area is 175 Å². The summed E-state index contributed by atoms with van der Waals surface area (Å²) in [6, 6.07) is 22.2. The Hall–Kier alpha value is -3.31. The number of nitrogens with zero attached hydrogens (tertiary/aromatic N) is 1. The summed E-state index contributed by atoms with van der Waals surface area (Å²) >= 11 is 0. The molecule has 0 atom stereocenters. The number of anilines is 1. The average Bonchev–Trinajstić information content (AvgIpc) is 2.79. The van der Waals surface area contributed by atoms with Crippen molar-refractivity contribution in [2.75, 3.05) is 38.2 Å². The minimum absolute atomic E-state index is 0.273. The van der Waals surface area contributed by atoms with Crippen molar-refractivity contribution in [3.8, 4) is 5.75 Å². The van der Waals surface area contributed by atoms with Crippen LogP contribution >= 0.6 is 0 Å². The number of fused-ring (bicyclic) bond motifs is 3. The van der Waals surface area contributed by atoms with Crippen molar-refractivity contribution in [1.82, 2.24) is 0 Å². The quantitative estimate of drug-likeness (QED) is 0.422. The molecule has 0 radical (unpaired) electrons. The lowest BCUT2D eigenvalue weighted by atomic mass is 10.0. The molecule has 1 fully saturated rings. The van der Waals surface area contributed by atoms with Gasteiger partial charge in [0.15, 0.2) is 0 Å². The molecule has 1 aliphatic rings. The number of methoxy groups -OCH3 is 1. The molecule has 1 N–H and O–H groups in total. The van der Waals surface area contributed by atoms with Crippen LogP contribution in [0.25, 0.3) is 21.7 Å². The van der Waals surface area contributed by atoms with E-state index in [1.54, 1.807) is 13.2 Å². The highest BCUT2D eigenvalue weighted by Gasteiger charge is 2.22. The molecule has 1 aliphatic heterocycles. The zero-order valence-corrected chi connectivity index (χ0v) is 17.1. The molecule has 1 saturated heterocycles. The molecule has 4 aromatic rings. The average molecular weight is 401 g/mol. The van der Waals surface area contributed by atoms with E-state index in [0.717, 1.165) is 60.2 Å². The van der Waals surface area contributed by atoms with Crippen LogP contribution in [0, 0.1) is 0 Å². The number of ether oxygens (including phenoxy) is 1. The van der Waals surface area contributed by atoms with Crippen molar-refractivity contribution < 1.29 is 14.1 Å². The maximum Gasteiger partial charge on any atom is 0.336 e. The zero-order chi connectivity index (χ0) is 20.5. The number of piperazine rings is 1. The predicted molar refractivity (Wildman–Crippen MR) is 120 cm³/mol. The van der Waals surface area contributed by atoms with Crippen LogP contribution in [0.1, 0.15) is 5.56 Å². The molecule has 3 aromatic carbocycles. The first kappa shape index (κ1) is 18.7. The van der Waals surface area contributed by atoms with Gasteiger partial charge in [0.1, 0.15) is 17.9 Å². The summed E-state index contributed by atoms with van der Waals surface area (Å²) in [5.74, 6) is 0.880. The molecule has 2 heterocycles. The van der Waals surface area contributed by atoms with Crippen LogP contribution in [0.5, 0.6) is 5.75 Å². The van der Waals surface area contributed by atoms with Gasteiger partial charge in [-0.15, -0.1) is 0 Å². The summed E-state index contributed by atoms with van der Waals surface area (Å²) < 4.78 is 10.9. The molecular weight excluding hydrogens is 376 g/mol. The first-order chi connectivity index (χ1) is 14.7. The van der Waals surface area contributed by atoms with E-state index >= 15 is 0 Å². The molecule has 152 valence electrons. The molecule has 0 saturated carbocycles. The van der Waals surface area contributed by atoms with E-state index in [-0.39, 0.29) is 5.63 Å². The van der Waals surface area contributed by atoms with Gasteiger partial charge in [0.2, 0.25) is 0 Å². The van der Waals surface area contributed by atoms with Gasteiger partial charge in [0, 0.05) is 28.1 Å². The first-order valence-corrected chi connectivity index (χ1v) is 10.4. The number of rotatable bonds is 4. The first-order valence-electron chi connectivity index (χ1n) is 10.4. The summed E-state index contributed by atoms with van der Waals surface area (Å²) in [5, 5.41) is 3.12. The number of benzene rings is 3. The molecule has 0 bridgehead atoms. The van der Waals surface area contributed by atoms with Crippen LogP contribution in [0.3, 0.4) is 0 Å². The molecule has 30 heavy (non-hydrogen) atoms. The smallest absolute Gasteiger partial charge is 0.336 e. The third-order valence-corrected chi connectivity index (χ3v) is 6.07. The molecule has 0 aliphatic carbocycles. The lowest BCUT2D eigenvalue weighted by Gasteiger charge is -2.33. The van der Waals surface area contributed by atoms with E-state index in [9.17, 15) is 4.79 Å². The van der Waals surface area contributed by atoms with E-state index in [4.69, 9.17) is 9.15 Å². The minimum atomic E-state index is -0.273. The standard InChI is InChI=1S/C25H24N2O3/c1-29-21-9-7-20(8-10-21)27-14-12-26(13-15-27)17-19-16-24(28)30-25-22-5-3-2-4-18(22)6-11-23(19)25/h2-11,16H,12-15,17H2,1H3/p+1. The van der Waals surface area contributed by atoms with E-state index in [0.29, 0.717) is 5.58 Å². The molecule has 1 aromatic heterocycles. The molecule has 0 spiro atoms. The van der Waals surface area contributed by atoms with Gasteiger partial charge in [0.05, 0.1) is 33.3 Å². The van der Waals surface area contributed by atoms with Gasteiger partial charge in [0.25, 0.3) is 0 Å². The topological polar surface area (TPSA) is 47.1 Å². The molecular formula is C25H25N2O3+. The van der Waals surface area contributed by atoms with E-state index < -0.39 is 0 Å². The van der Waals surface area contributed by atoms with Crippen LogP contribution in [-0.2, 0) is 6.54 Å². The zero-order valence-electron chi connectivity index (χ0n) is 17.1. The summed E-state index contributed by atoms with van der Waals surface area (Å²) in [4.78, 5) is 16.2.